The number of carbonyl (C=O) groups excluding carboxylic acids is 1. The Morgan fingerprint density at radius 1 is 1.25 bits per heavy atom. The number of sulfonamides is 1. The van der Waals surface area contributed by atoms with Crippen LogP contribution in [0, 0.1) is 18.3 Å². The van der Waals surface area contributed by atoms with E-state index in [0.717, 1.165) is 35.7 Å². The summed E-state index contributed by atoms with van der Waals surface area (Å²) in [5, 5.41) is 10.5. The standard InChI is InChI=1S/C20H26N4O3S/c1-15(22-7-4-8-23(10-9-22)28(3,26)27)13-24-18(12-21)11-19-16(2)17(14-25)5-6-20(19)24/h5-6,11,14-15H,4,7-10,13H2,1-3H3/t15-/m0/s1. The predicted molar refractivity (Wildman–Crippen MR) is 109 cm³/mol. The molecule has 0 spiro atoms. The van der Waals surface area contributed by atoms with Gasteiger partial charge in [0.2, 0.25) is 10.0 Å². The van der Waals surface area contributed by atoms with Gasteiger partial charge in [-0.05, 0) is 50.6 Å². The molecule has 1 aromatic heterocycles. The third kappa shape index (κ3) is 3.97. The summed E-state index contributed by atoms with van der Waals surface area (Å²) in [6.45, 7) is 7.16. The minimum atomic E-state index is -3.17. The molecule has 7 nitrogen and oxygen atoms in total. The Labute approximate surface area is 166 Å². The highest BCUT2D eigenvalue weighted by Crippen LogP contribution is 2.26. The van der Waals surface area contributed by atoms with E-state index in [0.29, 0.717) is 37.4 Å². The van der Waals surface area contributed by atoms with Gasteiger partial charge in [0.1, 0.15) is 18.0 Å². The minimum Gasteiger partial charge on any atom is -0.331 e. The highest BCUT2D eigenvalue weighted by Gasteiger charge is 2.24. The lowest BCUT2D eigenvalue weighted by Crippen LogP contribution is -2.40. The molecule has 28 heavy (non-hydrogen) atoms. The number of nitrogens with zero attached hydrogens (tertiary/aromatic N) is 4. The molecule has 1 atom stereocenters. The Kier molecular flexibility index (Phi) is 5.89. The number of aryl methyl sites for hydroxylation is 1. The first kappa shape index (κ1) is 20.5. The molecule has 8 heteroatoms. The molecule has 1 aliphatic rings. The summed E-state index contributed by atoms with van der Waals surface area (Å²) in [6, 6.07) is 7.95. The van der Waals surface area contributed by atoms with E-state index >= 15 is 0 Å². The van der Waals surface area contributed by atoms with Crippen molar-refractivity contribution in [3.63, 3.8) is 0 Å². The molecule has 0 radical (unpaired) electrons. The van der Waals surface area contributed by atoms with Crippen LogP contribution in [0.1, 0.15) is 35.0 Å². The molecule has 0 bridgehead atoms. The van der Waals surface area contributed by atoms with E-state index in [2.05, 4.69) is 17.9 Å². The number of rotatable bonds is 5. The van der Waals surface area contributed by atoms with Crippen molar-refractivity contribution < 1.29 is 13.2 Å². The normalized spacial score (nSPS) is 17.9. The number of fused-ring (bicyclic) bond motifs is 1. The van der Waals surface area contributed by atoms with Crippen LogP contribution in [0.15, 0.2) is 18.2 Å². The first-order valence-corrected chi connectivity index (χ1v) is 11.3. The Morgan fingerprint density at radius 3 is 2.64 bits per heavy atom. The predicted octanol–water partition coefficient (Wildman–Crippen LogP) is 1.99. The molecule has 1 fully saturated rings. The second kappa shape index (κ2) is 8.03. The average molecular weight is 403 g/mol. The quantitative estimate of drug-likeness (QED) is 0.714. The first-order valence-electron chi connectivity index (χ1n) is 9.43. The Bertz CT molecular complexity index is 1040. The Morgan fingerprint density at radius 2 is 2.00 bits per heavy atom. The van der Waals surface area contributed by atoms with E-state index in [1.165, 1.54) is 10.6 Å². The van der Waals surface area contributed by atoms with Crippen molar-refractivity contribution in [2.24, 2.45) is 0 Å². The molecule has 1 aromatic carbocycles. The fourth-order valence-electron chi connectivity index (χ4n) is 3.98. The molecule has 2 heterocycles. The van der Waals surface area contributed by atoms with Gasteiger partial charge in [0, 0.05) is 48.7 Å². The van der Waals surface area contributed by atoms with Crippen molar-refractivity contribution in [2.75, 3.05) is 32.4 Å². The van der Waals surface area contributed by atoms with Crippen LogP contribution in [0.2, 0.25) is 0 Å². The van der Waals surface area contributed by atoms with Crippen LogP contribution in [-0.2, 0) is 16.6 Å². The molecule has 3 rings (SSSR count). The van der Waals surface area contributed by atoms with Gasteiger partial charge in [-0.15, -0.1) is 0 Å². The summed E-state index contributed by atoms with van der Waals surface area (Å²) in [4.78, 5) is 13.5. The van der Waals surface area contributed by atoms with E-state index in [1.807, 2.05) is 23.6 Å². The number of hydrogen-bond acceptors (Lipinski definition) is 5. The summed E-state index contributed by atoms with van der Waals surface area (Å²) in [5.74, 6) is 0. The van der Waals surface area contributed by atoms with Crippen LogP contribution < -0.4 is 0 Å². The lowest BCUT2D eigenvalue weighted by molar-refractivity contribution is 0.112. The van der Waals surface area contributed by atoms with Gasteiger partial charge in [-0.2, -0.15) is 5.26 Å². The molecule has 0 saturated carbocycles. The second-order valence-corrected chi connectivity index (χ2v) is 9.47. The zero-order chi connectivity index (χ0) is 20.5. The van der Waals surface area contributed by atoms with E-state index < -0.39 is 10.0 Å². The lowest BCUT2D eigenvalue weighted by atomic mass is 10.1. The molecule has 0 N–H and O–H groups in total. The Balaban J connectivity index is 1.85. The monoisotopic (exact) mass is 402 g/mol. The van der Waals surface area contributed by atoms with Crippen molar-refractivity contribution in [1.82, 2.24) is 13.8 Å². The summed E-state index contributed by atoms with van der Waals surface area (Å²) >= 11 is 0. The fourth-order valence-corrected chi connectivity index (χ4v) is 4.85. The molecule has 0 aliphatic carbocycles. The minimum absolute atomic E-state index is 0.147. The number of benzene rings is 1. The van der Waals surface area contributed by atoms with Gasteiger partial charge < -0.3 is 4.57 Å². The fraction of sp³-hybridized carbons (Fsp3) is 0.500. The summed E-state index contributed by atoms with van der Waals surface area (Å²) in [5.41, 5.74) is 3.03. The molecule has 1 saturated heterocycles. The van der Waals surface area contributed by atoms with Gasteiger partial charge in [-0.3, -0.25) is 9.69 Å². The van der Waals surface area contributed by atoms with Crippen LogP contribution in [0.5, 0.6) is 0 Å². The van der Waals surface area contributed by atoms with E-state index in [1.54, 1.807) is 6.07 Å². The van der Waals surface area contributed by atoms with Gasteiger partial charge in [-0.25, -0.2) is 12.7 Å². The van der Waals surface area contributed by atoms with Crippen LogP contribution in [0.4, 0.5) is 0 Å². The summed E-state index contributed by atoms with van der Waals surface area (Å²) in [6.07, 6.45) is 2.88. The number of nitriles is 1. The molecule has 0 amide bonds. The zero-order valence-corrected chi connectivity index (χ0v) is 17.4. The Hall–Kier alpha value is -2.21. The highest BCUT2D eigenvalue weighted by atomic mass is 32.2. The van der Waals surface area contributed by atoms with Crippen LogP contribution in [-0.4, -0.2) is 67.0 Å². The van der Waals surface area contributed by atoms with Gasteiger partial charge >= 0.3 is 0 Å². The van der Waals surface area contributed by atoms with E-state index in [4.69, 9.17) is 0 Å². The van der Waals surface area contributed by atoms with Gasteiger partial charge in [0.05, 0.1) is 6.26 Å². The molecular formula is C20H26N4O3S. The smallest absolute Gasteiger partial charge is 0.211 e. The van der Waals surface area contributed by atoms with Gasteiger partial charge in [-0.1, -0.05) is 0 Å². The van der Waals surface area contributed by atoms with Crippen LogP contribution >= 0.6 is 0 Å². The molecule has 1 aliphatic heterocycles. The number of aromatic nitrogens is 1. The largest absolute Gasteiger partial charge is 0.331 e. The maximum Gasteiger partial charge on any atom is 0.211 e. The van der Waals surface area contributed by atoms with E-state index in [9.17, 15) is 18.5 Å². The van der Waals surface area contributed by atoms with Crippen molar-refractivity contribution in [1.29, 1.82) is 5.26 Å². The van der Waals surface area contributed by atoms with Crippen molar-refractivity contribution >= 4 is 27.2 Å². The maximum atomic E-state index is 11.8. The molecule has 2 aromatic rings. The number of aldehydes is 1. The number of carbonyl (C=O) groups is 1. The molecule has 150 valence electrons. The zero-order valence-electron chi connectivity index (χ0n) is 16.6. The topological polar surface area (TPSA) is 86.4 Å². The lowest BCUT2D eigenvalue weighted by Gasteiger charge is -2.28. The number of hydrogen-bond donors (Lipinski definition) is 0. The first-order chi connectivity index (χ1) is 13.3. The second-order valence-electron chi connectivity index (χ2n) is 7.48. The van der Waals surface area contributed by atoms with Gasteiger partial charge in [0.25, 0.3) is 0 Å². The molecule has 0 unspecified atom stereocenters. The van der Waals surface area contributed by atoms with Crippen LogP contribution in [0.25, 0.3) is 10.9 Å². The van der Waals surface area contributed by atoms with Crippen molar-refractivity contribution in [3.8, 4) is 6.07 Å². The summed E-state index contributed by atoms with van der Waals surface area (Å²) < 4.78 is 27.2. The molecular weight excluding hydrogens is 376 g/mol. The highest BCUT2D eigenvalue weighted by molar-refractivity contribution is 7.88. The van der Waals surface area contributed by atoms with Crippen molar-refractivity contribution in [3.05, 3.63) is 35.0 Å². The van der Waals surface area contributed by atoms with E-state index in [-0.39, 0.29) is 6.04 Å². The van der Waals surface area contributed by atoms with Crippen LogP contribution in [0.3, 0.4) is 0 Å². The maximum absolute atomic E-state index is 11.8. The SMILES string of the molecule is Cc1c(C=O)ccc2c1cc(C#N)n2C[C@H](C)N1CCCN(S(C)(=O)=O)CC1. The third-order valence-electron chi connectivity index (χ3n) is 5.67. The van der Waals surface area contributed by atoms with Gasteiger partial charge in [0.15, 0.2) is 0 Å². The summed E-state index contributed by atoms with van der Waals surface area (Å²) in [7, 11) is -3.17. The third-order valence-corrected chi connectivity index (χ3v) is 6.97. The van der Waals surface area contributed by atoms with Crippen molar-refractivity contribution in [2.45, 2.75) is 32.9 Å². The average Bonchev–Trinajstić information content (AvgIpc) is 2.82.